The van der Waals surface area contributed by atoms with E-state index in [0.29, 0.717) is 18.5 Å². The van der Waals surface area contributed by atoms with Crippen LogP contribution in [0.25, 0.3) is 0 Å². The van der Waals surface area contributed by atoms with Crippen LogP contribution in [0.3, 0.4) is 0 Å². The smallest absolute Gasteiger partial charge is 0.319 e. The fourth-order valence-electron chi connectivity index (χ4n) is 1.98. The topological polar surface area (TPSA) is 70.2 Å². The third kappa shape index (κ3) is 3.26. The zero-order chi connectivity index (χ0) is 14.7. The van der Waals surface area contributed by atoms with Crippen molar-refractivity contribution in [2.24, 2.45) is 0 Å². The molecule has 6 heteroatoms. The fraction of sp³-hybridized carbons (Fsp3) is 0.429. The lowest BCUT2D eigenvalue weighted by Gasteiger charge is -2.19. The molecule has 1 heterocycles. The summed E-state index contributed by atoms with van der Waals surface area (Å²) in [7, 11) is 0. The van der Waals surface area contributed by atoms with Crippen LogP contribution < -0.4 is 16.0 Å². The van der Waals surface area contributed by atoms with Gasteiger partial charge in [-0.05, 0) is 37.5 Å². The number of rotatable bonds is 3. The van der Waals surface area contributed by atoms with Crippen molar-refractivity contribution < 1.29 is 14.0 Å². The predicted molar refractivity (Wildman–Crippen MR) is 75.3 cm³/mol. The quantitative estimate of drug-likeness (QED) is 0.796. The number of amides is 3. The second kappa shape index (κ2) is 5.90. The Bertz CT molecular complexity index is 545. The van der Waals surface area contributed by atoms with Crippen LogP contribution in [0.2, 0.25) is 0 Å². The molecule has 1 aliphatic rings. The Morgan fingerprint density at radius 1 is 1.45 bits per heavy atom. The van der Waals surface area contributed by atoms with E-state index in [0.717, 1.165) is 12.0 Å². The summed E-state index contributed by atoms with van der Waals surface area (Å²) in [5, 5.41) is 7.82. The van der Waals surface area contributed by atoms with E-state index >= 15 is 0 Å². The van der Waals surface area contributed by atoms with Crippen molar-refractivity contribution in [1.82, 2.24) is 5.32 Å². The molecule has 0 bridgehead atoms. The molecule has 3 N–H and O–H groups in total. The van der Waals surface area contributed by atoms with Crippen LogP contribution in [-0.4, -0.2) is 18.0 Å². The normalized spacial score (nSPS) is 15.1. The Morgan fingerprint density at radius 2 is 2.20 bits per heavy atom. The van der Waals surface area contributed by atoms with Crippen molar-refractivity contribution in [1.29, 1.82) is 0 Å². The highest BCUT2D eigenvalue weighted by Crippen LogP contribution is 2.28. The number of aryl methyl sites for hydroxylation is 1. The average Bonchev–Trinajstić information content (AvgIpc) is 2.39. The molecule has 108 valence electrons. The lowest BCUT2D eigenvalue weighted by atomic mass is 10.0. The van der Waals surface area contributed by atoms with Crippen LogP contribution in [0.15, 0.2) is 12.1 Å². The molecule has 0 fully saturated rings. The van der Waals surface area contributed by atoms with Crippen molar-refractivity contribution in [3.8, 4) is 0 Å². The fourth-order valence-corrected chi connectivity index (χ4v) is 1.98. The third-order valence-electron chi connectivity index (χ3n) is 3.33. The molecular weight excluding hydrogens is 261 g/mol. The number of hydrogen-bond donors (Lipinski definition) is 3. The Hall–Kier alpha value is -2.11. The molecule has 0 saturated carbocycles. The van der Waals surface area contributed by atoms with E-state index in [-0.39, 0.29) is 17.6 Å². The molecule has 1 aromatic carbocycles. The zero-order valence-corrected chi connectivity index (χ0v) is 11.5. The van der Waals surface area contributed by atoms with Crippen LogP contribution in [0.1, 0.15) is 32.3 Å². The molecule has 0 radical (unpaired) electrons. The molecular formula is C14H18FN3O2. The SMILES string of the molecule is CCC(C)NC(=O)Nc1cc2c(cc1F)NC(=O)CC2. The first kappa shape index (κ1) is 14.3. The molecule has 3 amide bonds. The molecule has 1 atom stereocenters. The minimum atomic E-state index is -0.565. The van der Waals surface area contributed by atoms with E-state index < -0.39 is 11.8 Å². The molecule has 1 aromatic rings. The number of carbonyl (C=O) groups excluding carboxylic acids is 2. The molecule has 1 unspecified atom stereocenters. The highest BCUT2D eigenvalue weighted by atomic mass is 19.1. The summed E-state index contributed by atoms with van der Waals surface area (Å²) in [4.78, 5) is 22.9. The Morgan fingerprint density at radius 3 is 2.90 bits per heavy atom. The average molecular weight is 279 g/mol. The number of hydrogen-bond acceptors (Lipinski definition) is 2. The molecule has 0 spiro atoms. The number of nitrogens with one attached hydrogen (secondary N) is 3. The summed E-state index contributed by atoms with van der Waals surface area (Å²) in [6, 6.07) is 2.40. The summed E-state index contributed by atoms with van der Waals surface area (Å²) < 4.78 is 13.9. The molecule has 0 saturated heterocycles. The number of fused-ring (bicyclic) bond motifs is 1. The summed E-state index contributed by atoms with van der Waals surface area (Å²) in [5.41, 5.74) is 1.43. The van der Waals surface area contributed by atoms with Gasteiger partial charge in [0.25, 0.3) is 0 Å². The highest BCUT2D eigenvalue weighted by Gasteiger charge is 2.18. The lowest BCUT2D eigenvalue weighted by Crippen LogP contribution is -2.35. The van der Waals surface area contributed by atoms with Gasteiger partial charge in [-0.3, -0.25) is 4.79 Å². The minimum Gasteiger partial charge on any atom is -0.335 e. The maximum Gasteiger partial charge on any atom is 0.319 e. The minimum absolute atomic E-state index is 0.0231. The second-order valence-electron chi connectivity index (χ2n) is 4.95. The monoisotopic (exact) mass is 279 g/mol. The van der Waals surface area contributed by atoms with Gasteiger partial charge in [-0.2, -0.15) is 0 Å². The Kier molecular flexibility index (Phi) is 4.22. The van der Waals surface area contributed by atoms with Crippen LogP contribution in [0, 0.1) is 5.82 Å². The number of urea groups is 1. The first-order valence-corrected chi connectivity index (χ1v) is 6.69. The van der Waals surface area contributed by atoms with Crippen LogP contribution in [0.4, 0.5) is 20.6 Å². The van der Waals surface area contributed by atoms with Crippen LogP contribution in [0.5, 0.6) is 0 Å². The van der Waals surface area contributed by atoms with Crippen molar-refractivity contribution in [2.75, 3.05) is 10.6 Å². The zero-order valence-electron chi connectivity index (χ0n) is 11.5. The number of benzene rings is 1. The van der Waals surface area contributed by atoms with E-state index in [1.165, 1.54) is 6.07 Å². The van der Waals surface area contributed by atoms with Gasteiger partial charge in [0.05, 0.1) is 5.69 Å². The molecule has 1 aliphatic heterocycles. The van der Waals surface area contributed by atoms with E-state index in [9.17, 15) is 14.0 Å². The Labute approximate surface area is 116 Å². The molecule has 20 heavy (non-hydrogen) atoms. The van der Waals surface area contributed by atoms with E-state index in [2.05, 4.69) is 16.0 Å². The van der Waals surface area contributed by atoms with E-state index in [1.807, 2.05) is 13.8 Å². The highest BCUT2D eigenvalue weighted by molar-refractivity contribution is 5.95. The second-order valence-corrected chi connectivity index (χ2v) is 4.95. The summed E-state index contributed by atoms with van der Waals surface area (Å²) >= 11 is 0. The largest absolute Gasteiger partial charge is 0.335 e. The van der Waals surface area contributed by atoms with Gasteiger partial charge in [-0.25, -0.2) is 9.18 Å². The van der Waals surface area contributed by atoms with Crippen molar-refractivity contribution in [2.45, 2.75) is 39.2 Å². The molecule has 0 aliphatic carbocycles. The van der Waals surface area contributed by atoms with Gasteiger partial charge in [0.1, 0.15) is 5.82 Å². The lowest BCUT2D eigenvalue weighted by molar-refractivity contribution is -0.116. The summed E-state index contributed by atoms with van der Waals surface area (Å²) in [5.74, 6) is -0.683. The Balaban J connectivity index is 2.13. The maximum atomic E-state index is 13.9. The van der Waals surface area contributed by atoms with Crippen molar-refractivity contribution in [3.05, 3.63) is 23.5 Å². The molecule has 2 rings (SSSR count). The van der Waals surface area contributed by atoms with Crippen LogP contribution in [-0.2, 0) is 11.2 Å². The molecule has 5 nitrogen and oxygen atoms in total. The van der Waals surface area contributed by atoms with Gasteiger partial charge in [0, 0.05) is 18.2 Å². The number of halogens is 1. The van der Waals surface area contributed by atoms with Crippen molar-refractivity contribution in [3.63, 3.8) is 0 Å². The van der Waals surface area contributed by atoms with E-state index in [1.54, 1.807) is 6.07 Å². The maximum absolute atomic E-state index is 13.9. The summed E-state index contributed by atoms with van der Waals surface area (Å²) in [6.07, 6.45) is 1.71. The van der Waals surface area contributed by atoms with Gasteiger partial charge in [0.2, 0.25) is 5.91 Å². The van der Waals surface area contributed by atoms with E-state index in [4.69, 9.17) is 0 Å². The predicted octanol–water partition coefficient (Wildman–Crippen LogP) is 2.63. The standard InChI is InChI=1S/C14H18FN3O2/c1-3-8(2)16-14(20)18-12-6-9-4-5-13(19)17-11(9)7-10(12)15/h6-8H,3-5H2,1-2H3,(H,17,19)(H2,16,18,20). The number of carbonyl (C=O) groups is 2. The third-order valence-corrected chi connectivity index (χ3v) is 3.33. The van der Waals surface area contributed by atoms with Crippen molar-refractivity contribution >= 4 is 23.3 Å². The van der Waals surface area contributed by atoms with Gasteiger partial charge in [-0.1, -0.05) is 6.92 Å². The first-order chi connectivity index (χ1) is 9.49. The van der Waals surface area contributed by atoms with Crippen LogP contribution >= 0.6 is 0 Å². The number of anilines is 2. The van der Waals surface area contributed by atoms with Gasteiger partial charge in [-0.15, -0.1) is 0 Å². The van der Waals surface area contributed by atoms with Gasteiger partial charge >= 0.3 is 6.03 Å². The van der Waals surface area contributed by atoms with Gasteiger partial charge in [0.15, 0.2) is 0 Å². The van der Waals surface area contributed by atoms with Gasteiger partial charge < -0.3 is 16.0 Å². The summed E-state index contributed by atoms with van der Waals surface area (Å²) in [6.45, 7) is 3.82. The molecule has 0 aromatic heterocycles. The first-order valence-electron chi connectivity index (χ1n) is 6.69.